The molecule has 0 aliphatic carbocycles. The molecule has 0 atom stereocenters. The maximum absolute atomic E-state index is 12.6. The molecule has 2 aromatic carbocycles. The summed E-state index contributed by atoms with van der Waals surface area (Å²) in [5.41, 5.74) is 2.35. The quantitative estimate of drug-likeness (QED) is 0.690. The summed E-state index contributed by atoms with van der Waals surface area (Å²) < 4.78 is 11.3. The van der Waals surface area contributed by atoms with Crippen molar-refractivity contribution < 1.29 is 14.3 Å². The SMILES string of the molecule is CCN(C)c1cccc(NC(=O)c2cc(OC)c(OC)cc2I)c1. The molecule has 0 aliphatic rings. The number of carbonyl (C=O) groups is 1. The molecule has 0 bridgehead atoms. The van der Waals surface area contributed by atoms with Gasteiger partial charge in [0.1, 0.15) is 0 Å². The summed E-state index contributed by atoms with van der Waals surface area (Å²) in [6.45, 7) is 2.97. The number of carbonyl (C=O) groups excluding carboxylic acids is 1. The summed E-state index contributed by atoms with van der Waals surface area (Å²) >= 11 is 2.12. The minimum Gasteiger partial charge on any atom is -0.493 e. The number of ether oxygens (including phenoxy) is 2. The minimum atomic E-state index is -0.184. The van der Waals surface area contributed by atoms with Gasteiger partial charge in [0.05, 0.1) is 19.8 Å². The summed E-state index contributed by atoms with van der Waals surface area (Å²) in [5, 5.41) is 2.94. The van der Waals surface area contributed by atoms with E-state index in [4.69, 9.17) is 9.47 Å². The van der Waals surface area contributed by atoms with Gasteiger partial charge in [0.25, 0.3) is 5.91 Å². The van der Waals surface area contributed by atoms with E-state index in [1.807, 2.05) is 31.3 Å². The predicted molar refractivity (Wildman–Crippen MR) is 106 cm³/mol. The van der Waals surface area contributed by atoms with Gasteiger partial charge < -0.3 is 19.7 Å². The standard InChI is InChI=1S/C18H21IN2O3/c1-5-21(2)13-8-6-7-12(9-13)20-18(22)14-10-16(23-3)17(24-4)11-15(14)19/h6-11H,5H2,1-4H3,(H,20,22). The molecule has 0 saturated carbocycles. The molecular weight excluding hydrogens is 419 g/mol. The van der Waals surface area contributed by atoms with Gasteiger partial charge in [-0.3, -0.25) is 4.79 Å². The topological polar surface area (TPSA) is 50.8 Å². The number of halogens is 1. The van der Waals surface area contributed by atoms with E-state index >= 15 is 0 Å². The molecule has 2 aromatic rings. The summed E-state index contributed by atoms with van der Waals surface area (Å²) in [5.74, 6) is 0.948. The monoisotopic (exact) mass is 440 g/mol. The van der Waals surface area contributed by atoms with E-state index in [-0.39, 0.29) is 5.91 Å². The third kappa shape index (κ3) is 4.11. The van der Waals surface area contributed by atoms with E-state index in [1.165, 1.54) is 0 Å². The van der Waals surface area contributed by atoms with Gasteiger partial charge in [-0.25, -0.2) is 0 Å². The smallest absolute Gasteiger partial charge is 0.256 e. The number of methoxy groups -OCH3 is 2. The second-order valence-corrected chi connectivity index (χ2v) is 6.37. The van der Waals surface area contributed by atoms with Crippen LogP contribution in [0.1, 0.15) is 17.3 Å². The van der Waals surface area contributed by atoms with E-state index in [0.717, 1.165) is 21.5 Å². The number of hydrogen-bond acceptors (Lipinski definition) is 4. The number of benzene rings is 2. The van der Waals surface area contributed by atoms with Crippen LogP contribution in [-0.4, -0.2) is 33.7 Å². The summed E-state index contributed by atoms with van der Waals surface area (Å²) in [6.07, 6.45) is 0. The zero-order valence-electron chi connectivity index (χ0n) is 14.2. The summed E-state index contributed by atoms with van der Waals surface area (Å²) in [7, 11) is 5.14. The molecule has 1 amide bonds. The van der Waals surface area contributed by atoms with Crippen molar-refractivity contribution in [2.45, 2.75) is 6.92 Å². The first-order chi connectivity index (χ1) is 11.5. The third-order valence-corrected chi connectivity index (χ3v) is 4.63. The van der Waals surface area contributed by atoms with Gasteiger partial charge in [0, 0.05) is 28.5 Å². The predicted octanol–water partition coefficient (Wildman–Crippen LogP) is 4.02. The van der Waals surface area contributed by atoms with E-state index in [1.54, 1.807) is 26.4 Å². The molecule has 0 spiro atoms. The molecule has 24 heavy (non-hydrogen) atoms. The number of nitrogens with one attached hydrogen (secondary N) is 1. The fourth-order valence-corrected chi connectivity index (χ4v) is 2.91. The lowest BCUT2D eigenvalue weighted by Crippen LogP contribution is -2.17. The first-order valence-corrected chi connectivity index (χ1v) is 8.62. The van der Waals surface area contributed by atoms with Crippen LogP contribution >= 0.6 is 22.6 Å². The normalized spacial score (nSPS) is 10.2. The Balaban J connectivity index is 2.27. The van der Waals surface area contributed by atoms with Crippen molar-refractivity contribution in [1.82, 2.24) is 0 Å². The van der Waals surface area contributed by atoms with Gasteiger partial charge in [-0.15, -0.1) is 0 Å². The number of anilines is 2. The lowest BCUT2D eigenvalue weighted by atomic mass is 10.1. The Morgan fingerprint density at radius 3 is 2.46 bits per heavy atom. The lowest BCUT2D eigenvalue weighted by molar-refractivity contribution is 0.102. The van der Waals surface area contributed by atoms with Crippen LogP contribution in [0.4, 0.5) is 11.4 Å². The fraction of sp³-hybridized carbons (Fsp3) is 0.278. The van der Waals surface area contributed by atoms with Gasteiger partial charge in [-0.2, -0.15) is 0 Å². The van der Waals surface area contributed by atoms with Crippen LogP contribution in [-0.2, 0) is 0 Å². The molecular formula is C18H21IN2O3. The molecule has 0 aliphatic heterocycles. The van der Waals surface area contributed by atoms with E-state index in [9.17, 15) is 4.79 Å². The highest BCUT2D eigenvalue weighted by molar-refractivity contribution is 14.1. The number of nitrogens with zero attached hydrogens (tertiary/aromatic N) is 1. The summed E-state index contributed by atoms with van der Waals surface area (Å²) in [6, 6.07) is 11.2. The number of rotatable bonds is 6. The highest BCUT2D eigenvalue weighted by atomic mass is 127. The van der Waals surface area contributed by atoms with Crippen LogP contribution in [0.2, 0.25) is 0 Å². The van der Waals surface area contributed by atoms with E-state index in [2.05, 4.69) is 39.7 Å². The van der Waals surface area contributed by atoms with Crippen molar-refractivity contribution in [3.05, 3.63) is 45.5 Å². The number of amides is 1. The lowest BCUT2D eigenvalue weighted by Gasteiger charge is -2.18. The Bertz CT molecular complexity index is 734. The zero-order chi connectivity index (χ0) is 17.7. The second kappa shape index (κ2) is 8.23. The van der Waals surface area contributed by atoms with Crippen LogP contribution < -0.4 is 19.7 Å². The first kappa shape index (κ1) is 18.4. The molecule has 0 radical (unpaired) electrons. The van der Waals surface area contributed by atoms with Gasteiger partial charge in [-0.1, -0.05) is 6.07 Å². The third-order valence-electron chi connectivity index (χ3n) is 3.74. The molecule has 0 unspecified atom stereocenters. The van der Waals surface area contributed by atoms with E-state index < -0.39 is 0 Å². The van der Waals surface area contributed by atoms with Crippen molar-refractivity contribution in [2.75, 3.05) is 38.0 Å². The van der Waals surface area contributed by atoms with Crippen molar-refractivity contribution in [2.24, 2.45) is 0 Å². The van der Waals surface area contributed by atoms with Crippen LogP contribution in [0.3, 0.4) is 0 Å². The molecule has 0 saturated heterocycles. The van der Waals surface area contributed by atoms with Gasteiger partial charge >= 0.3 is 0 Å². The Labute approximate surface area is 156 Å². The van der Waals surface area contributed by atoms with Gasteiger partial charge in [0.2, 0.25) is 0 Å². The van der Waals surface area contributed by atoms with Crippen LogP contribution in [0.25, 0.3) is 0 Å². The van der Waals surface area contributed by atoms with E-state index in [0.29, 0.717) is 17.1 Å². The van der Waals surface area contributed by atoms with Crippen LogP contribution in [0, 0.1) is 3.57 Å². The maximum atomic E-state index is 12.6. The first-order valence-electron chi connectivity index (χ1n) is 7.54. The summed E-state index contributed by atoms with van der Waals surface area (Å²) in [4.78, 5) is 14.7. The van der Waals surface area contributed by atoms with Gasteiger partial charge in [-0.05, 0) is 59.8 Å². The molecule has 0 heterocycles. The zero-order valence-corrected chi connectivity index (χ0v) is 16.4. The molecule has 0 fully saturated rings. The Morgan fingerprint density at radius 2 is 1.83 bits per heavy atom. The van der Waals surface area contributed by atoms with Crippen molar-refractivity contribution in [1.29, 1.82) is 0 Å². The molecule has 128 valence electrons. The van der Waals surface area contributed by atoms with Crippen LogP contribution in [0.15, 0.2) is 36.4 Å². The minimum absolute atomic E-state index is 0.184. The fourth-order valence-electron chi connectivity index (χ4n) is 2.23. The Kier molecular flexibility index (Phi) is 6.30. The Hall–Kier alpha value is -1.96. The highest BCUT2D eigenvalue weighted by Crippen LogP contribution is 2.31. The van der Waals surface area contributed by atoms with Crippen molar-refractivity contribution >= 4 is 39.9 Å². The second-order valence-electron chi connectivity index (χ2n) is 5.21. The molecule has 1 N–H and O–H groups in total. The maximum Gasteiger partial charge on any atom is 0.256 e. The largest absolute Gasteiger partial charge is 0.493 e. The highest BCUT2D eigenvalue weighted by Gasteiger charge is 2.16. The average molecular weight is 440 g/mol. The average Bonchev–Trinajstić information content (AvgIpc) is 2.60. The molecule has 5 nitrogen and oxygen atoms in total. The van der Waals surface area contributed by atoms with Crippen molar-refractivity contribution in [3.8, 4) is 11.5 Å². The van der Waals surface area contributed by atoms with Crippen molar-refractivity contribution in [3.63, 3.8) is 0 Å². The Morgan fingerprint density at radius 1 is 1.17 bits per heavy atom. The molecule has 0 aromatic heterocycles. The number of hydrogen-bond donors (Lipinski definition) is 1. The van der Waals surface area contributed by atoms with Crippen LogP contribution in [0.5, 0.6) is 11.5 Å². The molecule has 2 rings (SSSR count). The molecule has 6 heteroatoms. The van der Waals surface area contributed by atoms with Gasteiger partial charge in [0.15, 0.2) is 11.5 Å².